The van der Waals surface area contributed by atoms with Gasteiger partial charge >= 0.3 is 0 Å². The quantitative estimate of drug-likeness (QED) is 0.822. The standard InChI is InChI=1S/C13H18N4OS/c1-18-11-4-2-3-9(5-11)6-12-16-13(19-17-12)7-10(15)8-14/h2-5,10H,6-8,14-15H2,1H3. The number of nitrogens with two attached hydrogens (primary N) is 2. The van der Waals surface area contributed by atoms with Crippen LogP contribution < -0.4 is 16.2 Å². The molecular formula is C13H18N4OS. The molecule has 0 aliphatic carbocycles. The third-order valence-corrected chi connectivity index (χ3v) is 3.52. The van der Waals surface area contributed by atoms with Crippen molar-refractivity contribution >= 4 is 11.5 Å². The lowest BCUT2D eigenvalue weighted by molar-refractivity contribution is 0.414. The van der Waals surface area contributed by atoms with Crippen molar-refractivity contribution in [3.63, 3.8) is 0 Å². The molecule has 19 heavy (non-hydrogen) atoms. The number of benzene rings is 1. The van der Waals surface area contributed by atoms with Gasteiger partial charge in [0.25, 0.3) is 0 Å². The van der Waals surface area contributed by atoms with E-state index in [1.807, 2.05) is 24.3 Å². The number of rotatable bonds is 6. The van der Waals surface area contributed by atoms with Gasteiger partial charge in [-0.25, -0.2) is 4.98 Å². The molecule has 0 aliphatic heterocycles. The van der Waals surface area contributed by atoms with Gasteiger partial charge in [0.2, 0.25) is 0 Å². The third-order valence-electron chi connectivity index (χ3n) is 2.75. The number of methoxy groups -OCH3 is 1. The summed E-state index contributed by atoms with van der Waals surface area (Å²) >= 11 is 1.39. The van der Waals surface area contributed by atoms with Crippen LogP contribution in [-0.4, -0.2) is 29.1 Å². The Hall–Kier alpha value is -1.50. The van der Waals surface area contributed by atoms with E-state index in [4.69, 9.17) is 16.2 Å². The van der Waals surface area contributed by atoms with Gasteiger partial charge in [-0.05, 0) is 29.2 Å². The Balaban J connectivity index is 2.02. The zero-order valence-electron chi connectivity index (χ0n) is 10.9. The van der Waals surface area contributed by atoms with Crippen LogP contribution in [0.15, 0.2) is 24.3 Å². The summed E-state index contributed by atoms with van der Waals surface area (Å²) in [6, 6.07) is 7.87. The maximum Gasteiger partial charge on any atom is 0.146 e. The summed E-state index contributed by atoms with van der Waals surface area (Å²) in [5.74, 6) is 1.66. The van der Waals surface area contributed by atoms with E-state index in [0.717, 1.165) is 22.1 Å². The molecule has 0 spiro atoms. The maximum atomic E-state index is 5.80. The highest BCUT2D eigenvalue weighted by Gasteiger charge is 2.09. The van der Waals surface area contributed by atoms with Gasteiger partial charge in [-0.1, -0.05) is 12.1 Å². The minimum atomic E-state index is -0.0439. The Morgan fingerprint density at radius 1 is 1.42 bits per heavy atom. The van der Waals surface area contributed by atoms with Crippen LogP contribution in [0, 0.1) is 0 Å². The minimum Gasteiger partial charge on any atom is -0.497 e. The first kappa shape index (κ1) is 13.9. The topological polar surface area (TPSA) is 87.0 Å². The molecule has 0 fully saturated rings. The molecule has 0 saturated carbocycles. The lowest BCUT2D eigenvalue weighted by atomic mass is 10.1. The smallest absolute Gasteiger partial charge is 0.146 e. The molecule has 1 heterocycles. The fourth-order valence-electron chi connectivity index (χ4n) is 1.72. The van der Waals surface area contributed by atoms with E-state index in [0.29, 0.717) is 19.4 Å². The van der Waals surface area contributed by atoms with Crippen LogP contribution in [-0.2, 0) is 12.8 Å². The largest absolute Gasteiger partial charge is 0.497 e. The average molecular weight is 278 g/mol. The van der Waals surface area contributed by atoms with Crippen molar-refractivity contribution in [2.45, 2.75) is 18.9 Å². The SMILES string of the molecule is COc1cccc(Cc2nsc(CC(N)CN)n2)c1. The van der Waals surface area contributed by atoms with Gasteiger partial charge in [0.05, 0.1) is 7.11 Å². The molecule has 1 aromatic carbocycles. The van der Waals surface area contributed by atoms with E-state index in [-0.39, 0.29) is 6.04 Å². The van der Waals surface area contributed by atoms with E-state index < -0.39 is 0 Å². The lowest BCUT2D eigenvalue weighted by Gasteiger charge is -2.04. The monoisotopic (exact) mass is 278 g/mol. The number of nitrogens with zero attached hydrogens (tertiary/aromatic N) is 2. The second kappa shape index (κ2) is 6.60. The van der Waals surface area contributed by atoms with Gasteiger partial charge in [0.15, 0.2) is 0 Å². The Morgan fingerprint density at radius 3 is 3.00 bits per heavy atom. The van der Waals surface area contributed by atoms with Crippen molar-refractivity contribution < 1.29 is 4.74 Å². The molecular weight excluding hydrogens is 260 g/mol. The number of hydrogen-bond acceptors (Lipinski definition) is 6. The highest BCUT2D eigenvalue weighted by atomic mass is 32.1. The zero-order valence-corrected chi connectivity index (χ0v) is 11.7. The maximum absolute atomic E-state index is 5.80. The number of ether oxygens (including phenoxy) is 1. The summed E-state index contributed by atoms with van der Waals surface area (Å²) in [6.45, 7) is 0.463. The van der Waals surface area contributed by atoms with Gasteiger partial charge in [0, 0.05) is 25.4 Å². The highest BCUT2D eigenvalue weighted by molar-refractivity contribution is 7.05. The summed E-state index contributed by atoms with van der Waals surface area (Å²) in [6.07, 6.45) is 1.39. The van der Waals surface area contributed by atoms with E-state index in [1.165, 1.54) is 11.5 Å². The lowest BCUT2D eigenvalue weighted by Crippen LogP contribution is -2.31. The van der Waals surface area contributed by atoms with E-state index in [1.54, 1.807) is 7.11 Å². The van der Waals surface area contributed by atoms with Crippen molar-refractivity contribution in [3.8, 4) is 5.75 Å². The van der Waals surface area contributed by atoms with Crippen molar-refractivity contribution in [1.82, 2.24) is 9.36 Å². The van der Waals surface area contributed by atoms with Crippen LogP contribution >= 0.6 is 11.5 Å². The summed E-state index contributed by atoms with van der Waals surface area (Å²) in [5.41, 5.74) is 12.4. The molecule has 1 atom stereocenters. The summed E-state index contributed by atoms with van der Waals surface area (Å²) < 4.78 is 9.54. The molecule has 102 valence electrons. The predicted octanol–water partition coefficient (Wildman–Crippen LogP) is 0.966. The minimum absolute atomic E-state index is 0.0439. The molecule has 4 N–H and O–H groups in total. The Kier molecular flexibility index (Phi) is 4.84. The Labute approximate surface area is 116 Å². The molecule has 5 nitrogen and oxygen atoms in total. The van der Waals surface area contributed by atoms with Crippen LogP contribution in [0.5, 0.6) is 5.75 Å². The van der Waals surface area contributed by atoms with Gasteiger partial charge in [-0.2, -0.15) is 4.37 Å². The normalized spacial score (nSPS) is 12.4. The predicted molar refractivity (Wildman–Crippen MR) is 76.4 cm³/mol. The number of hydrogen-bond donors (Lipinski definition) is 2. The molecule has 0 aliphatic rings. The van der Waals surface area contributed by atoms with Gasteiger partial charge in [0.1, 0.15) is 16.6 Å². The highest BCUT2D eigenvalue weighted by Crippen LogP contribution is 2.16. The third kappa shape index (κ3) is 3.99. The molecule has 2 aromatic rings. The first-order valence-electron chi connectivity index (χ1n) is 6.11. The Morgan fingerprint density at radius 2 is 2.26 bits per heavy atom. The second-order valence-corrected chi connectivity index (χ2v) is 5.17. The molecule has 0 saturated heterocycles. The fourth-order valence-corrected chi connectivity index (χ4v) is 2.47. The Bertz CT molecular complexity index is 529. The van der Waals surface area contributed by atoms with Crippen molar-refractivity contribution in [3.05, 3.63) is 40.7 Å². The van der Waals surface area contributed by atoms with E-state index >= 15 is 0 Å². The molecule has 1 unspecified atom stereocenters. The average Bonchev–Trinajstić information content (AvgIpc) is 2.86. The van der Waals surface area contributed by atoms with Crippen molar-refractivity contribution in [2.24, 2.45) is 11.5 Å². The second-order valence-electron chi connectivity index (χ2n) is 4.33. The summed E-state index contributed by atoms with van der Waals surface area (Å²) in [5, 5.41) is 0.941. The molecule has 2 rings (SSSR count). The van der Waals surface area contributed by atoms with Gasteiger partial charge < -0.3 is 16.2 Å². The van der Waals surface area contributed by atoms with Gasteiger partial charge in [-0.3, -0.25) is 0 Å². The molecule has 1 aromatic heterocycles. The number of aromatic nitrogens is 2. The zero-order chi connectivity index (χ0) is 13.7. The summed E-state index contributed by atoms with van der Waals surface area (Å²) in [4.78, 5) is 4.48. The molecule has 0 radical (unpaired) electrons. The first-order valence-corrected chi connectivity index (χ1v) is 6.88. The van der Waals surface area contributed by atoms with E-state index in [2.05, 4.69) is 9.36 Å². The van der Waals surface area contributed by atoms with E-state index in [9.17, 15) is 0 Å². The molecule has 0 amide bonds. The van der Waals surface area contributed by atoms with Crippen LogP contribution in [0.25, 0.3) is 0 Å². The van der Waals surface area contributed by atoms with Crippen molar-refractivity contribution in [1.29, 1.82) is 0 Å². The molecule has 0 bridgehead atoms. The van der Waals surface area contributed by atoms with Crippen LogP contribution in [0.3, 0.4) is 0 Å². The molecule has 6 heteroatoms. The summed E-state index contributed by atoms with van der Waals surface area (Å²) in [7, 11) is 1.66. The van der Waals surface area contributed by atoms with Crippen molar-refractivity contribution in [2.75, 3.05) is 13.7 Å². The first-order chi connectivity index (χ1) is 9.21. The van der Waals surface area contributed by atoms with Crippen LogP contribution in [0.1, 0.15) is 16.4 Å². The van der Waals surface area contributed by atoms with Crippen LogP contribution in [0.4, 0.5) is 0 Å². The van der Waals surface area contributed by atoms with Gasteiger partial charge in [-0.15, -0.1) is 0 Å². The fraction of sp³-hybridized carbons (Fsp3) is 0.385. The van der Waals surface area contributed by atoms with Crippen LogP contribution in [0.2, 0.25) is 0 Å².